The van der Waals surface area contributed by atoms with Gasteiger partial charge in [-0.2, -0.15) is 0 Å². The van der Waals surface area contributed by atoms with Crippen LogP contribution in [0.4, 0.5) is 19.6 Å². The largest absolute Gasteiger partial charge is 0.497 e. The van der Waals surface area contributed by atoms with Crippen LogP contribution in [0.25, 0.3) is 11.3 Å². The summed E-state index contributed by atoms with van der Waals surface area (Å²) in [7, 11) is 3.11. The van der Waals surface area contributed by atoms with Crippen molar-refractivity contribution in [1.82, 2.24) is 4.98 Å². The normalized spacial score (nSPS) is 15.7. The van der Waals surface area contributed by atoms with Gasteiger partial charge in [0, 0.05) is 35.7 Å². The number of aromatic nitrogens is 1. The summed E-state index contributed by atoms with van der Waals surface area (Å²) in [5.74, 6) is -1.78. The van der Waals surface area contributed by atoms with Gasteiger partial charge in [0.05, 0.1) is 25.8 Å². The number of ether oxygens (including phenoxy) is 2. The second-order valence-electron chi connectivity index (χ2n) is 7.13. The third kappa shape index (κ3) is 4.40. The summed E-state index contributed by atoms with van der Waals surface area (Å²) in [6, 6.07) is 8.17. The summed E-state index contributed by atoms with van der Waals surface area (Å²) in [6.45, 7) is 0.0233. The fourth-order valence-corrected chi connectivity index (χ4v) is 4.22. The van der Waals surface area contributed by atoms with Crippen molar-refractivity contribution in [3.8, 4) is 22.8 Å². The number of benzene rings is 2. The Labute approximate surface area is 186 Å². The van der Waals surface area contributed by atoms with Crippen LogP contribution in [-0.4, -0.2) is 37.6 Å². The molecule has 1 N–H and O–H groups in total. The second-order valence-corrected chi connectivity index (χ2v) is 7.98. The minimum Gasteiger partial charge on any atom is -0.497 e. The van der Waals surface area contributed by atoms with E-state index in [1.807, 2.05) is 0 Å². The van der Waals surface area contributed by atoms with Gasteiger partial charge in [0.2, 0.25) is 11.8 Å². The maximum atomic E-state index is 13.5. The highest BCUT2D eigenvalue weighted by Gasteiger charge is 2.35. The number of hydrogen-bond donors (Lipinski definition) is 1. The van der Waals surface area contributed by atoms with E-state index in [4.69, 9.17) is 9.47 Å². The summed E-state index contributed by atoms with van der Waals surface area (Å²) in [6.07, 6.45) is -0.0636. The number of amides is 2. The van der Waals surface area contributed by atoms with Crippen LogP contribution in [-0.2, 0) is 9.59 Å². The molecule has 2 heterocycles. The Morgan fingerprint density at radius 2 is 1.91 bits per heavy atom. The van der Waals surface area contributed by atoms with E-state index in [0.717, 1.165) is 18.2 Å². The van der Waals surface area contributed by atoms with E-state index in [9.17, 15) is 18.4 Å². The van der Waals surface area contributed by atoms with E-state index in [0.29, 0.717) is 27.9 Å². The first-order valence-electron chi connectivity index (χ1n) is 9.63. The fourth-order valence-electron chi connectivity index (χ4n) is 3.50. The molecule has 2 amide bonds. The van der Waals surface area contributed by atoms with Crippen molar-refractivity contribution in [3.63, 3.8) is 0 Å². The molecule has 1 aliphatic heterocycles. The molecule has 1 saturated heterocycles. The quantitative estimate of drug-likeness (QED) is 0.601. The summed E-state index contributed by atoms with van der Waals surface area (Å²) in [5, 5.41) is 4.86. The highest BCUT2D eigenvalue weighted by Crippen LogP contribution is 2.35. The molecule has 4 rings (SSSR count). The number of halogens is 2. The van der Waals surface area contributed by atoms with Gasteiger partial charge in [-0.3, -0.25) is 9.59 Å². The lowest BCUT2D eigenvalue weighted by molar-refractivity contribution is -0.122. The van der Waals surface area contributed by atoms with Crippen LogP contribution in [0.5, 0.6) is 11.5 Å². The number of nitrogens with one attached hydrogen (secondary N) is 1. The Hall–Kier alpha value is -3.53. The molecule has 2 aromatic carbocycles. The smallest absolute Gasteiger partial charge is 0.231 e. The van der Waals surface area contributed by atoms with E-state index < -0.39 is 23.5 Å². The summed E-state index contributed by atoms with van der Waals surface area (Å²) >= 11 is 1.23. The van der Waals surface area contributed by atoms with Gasteiger partial charge >= 0.3 is 0 Å². The van der Waals surface area contributed by atoms with Gasteiger partial charge in [0.25, 0.3) is 0 Å². The number of rotatable bonds is 6. The number of methoxy groups -OCH3 is 2. The SMILES string of the molecule is COc1ccc(OC)c(-c2csc(NC(=O)C3CC(=O)N(c4cc(F)cc(F)c4)C3)n2)c1. The second kappa shape index (κ2) is 8.91. The van der Waals surface area contributed by atoms with Gasteiger partial charge in [-0.1, -0.05) is 0 Å². The van der Waals surface area contributed by atoms with Crippen molar-refractivity contribution < 1.29 is 27.8 Å². The summed E-state index contributed by atoms with van der Waals surface area (Å²) in [4.78, 5) is 30.7. The Balaban J connectivity index is 1.48. The summed E-state index contributed by atoms with van der Waals surface area (Å²) < 4.78 is 37.7. The van der Waals surface area contributed by atoms with E-state index in [1.165, 1.54) is 16.2 Å². The third-order valence-electron chi connectivity index (χ3n) is 5.07. The Morgan fingerprint density at radius 3 is 2.59 bits per heavy atom. The molecule has 1 atom stereocenters. The Bertz CT molecular complexity index is 1160. The van der Waals surface area contributed by atoms with Crippen LogP contribution in [0.3, 0.4) is 0 Å². The first-order chi connectivity index (χ1) is 15.4. The molecule has 7 nitrogen and oxygen atoms in total. The molecule has 1 unspecified atom stereocenters. The number of anilines is 2. The van der Waals surface area contributed by atoms with Gasteiger partial charge in [-0.25, -0.2) is 13.8 Å². The predicted molar refractivity (Wildman–Crippen MR) is 116 cm³/mol. The average molecular weight is 459 g/mol. The van der Waals surface area contributed by atoms with Crippen molar-refractivity contribution in [2.75, 3.05) is 31.0 Å². The number of nitrogens with zero attached hydrogens (tertiary/aromatic N) is 2. The van der Waals surface area contributed by atoms with E-state index in [1.54, 1.807) is 37.8 Å². The molecule has 1 fully saturated rings. The maximum Gasteiger partial charge on any atom is 0.231 e. The molecular formula is C22H19F2N3O4S. The van der Waals surface area contributed by atoms with Gasteiger partial charge in [0.1, 0.15) is 23.1 Å². The molecule has 0 bridgehead atoms. The average Bonchev–Trinajstić information content (AvgIpc) is 3.39. The highest BCUT2D eigenvalue weighted by molar-refractivity contribution is 7.14. The third-order valence-corrected chi connectivity index (χ3v) is 5.83. The van der Waals surface area contributed by atoms with E-state index in [-0.39, 0.29) is 24.6 Å². The first-order valence-corrected chi connectivity index (χ1v) is 10.5. The molecule has 3 aromatic rings. The number of hydrogen-bond acceptors (Lipinski definition) is 6. The minimum absolute atomic E-state index is 0.0233. The lowest BCUT2D eigenvalue weighted by Gasteiger charge is -2.16. The molecule has 10 heteroatoms. The molecule has 0 spiro atoms. The topological polar surface area (TPSA) is 80.8 Å². The van der Waals surface area contributed by atoms with Crippen molar-refractivity contribution >= 4 is 34.0 Å². The predicted octanol–water partition coefficient (Wildman–Crippen LogP) is 4.10. The van der Waals surface area contributed by atoms with Gasteiger partial charge in [-0.15, -0.1) is 11.3 Å². The van der Waals surface area contributed by atoms with Crippen molar-refractivity contribution in [2.24, 2.45) is 5.92 Å². The molecule has 1 aliphatic rings. The maximum absolute atomic E-state index is 13.5. The standard InChI is InChI=1S/C22H19F2N3O4S/c1-30-16-3-4-19(31-2)17(9-16)18-11-32-22(25-18)26-21(29)12-5-20(28)27(10-12)15-7-13(23)6-14(24)8-15/h3-4,6-9,11-12H,5,10H2,1-2H3,(H,25,26,29). The van der Waals surface area contributed by atoms with Crippen molar-refractivity contribution in [3.05, 3.63) is 53.4 Å². The van der Waals surface area contributed by atoms with Crippen molar-refractivity contribution in [1.29, 1.82) is 0 Å². The van der Waals surface area contributed by atoms with Crippen LogP contribution < -0.4 is 19.7 Å². The molecule has 0 aliphatic carbocycles. The van der Waals surface area contributed by atoms with Crippen LogP contribution in [0.15, 0.2) is 41.8 Å². The first kappa shape index (κ1) is 21.7. The zero-order valence-electron chi connectivity index (χ0n) is 17.2. The van der Waals surface area contributed by atoms with Crippen LogP contribution >= 0.6 is 11.3 Å². The molecule has 0 radical (unpaired) electrons. The minimum atomic E-state index is -0.788. The zero-order valence-corrected chi connectivity index (χ0v) is 18.0. The van der Waals surface area contributed by atoms with E-state index >= 15 is 0 Å². The molecule has 32 heavy (non-hydrogen) atoms. The van der Waals surface area contributed by atoms with Gasteiger partial charge < -0.3 is 19.7 Å². The molecule has 1 aromatic heterocycles. The van der Waals surface area contributed by atoms with Gasteiger partial charge in [0.15, 0.2) is 5.13 Å². The van der Waals surface area contributed by atoms with Crippen LogP contribution in [0, 0.1) is 17.6 Å². The van der Waals surface area contributed by atoms with Gasteiger partial charge in [-0.05, 0) is 30.3 Å². The van der Waals surface area contributed by atoms with Crippen molar-refractivity contribution in [2.45, 2.75) is 6.42 Å². The number of carbonyl (C=O) groups is 2. The number of carbonyl (C=O) groups excluding carboxylic acids is 2. The Kier molecular flexibility index (Phi) is 6.04. The summed E-state index contributed by atoms with van der Waals surface area (Å²) in [5.41, 5.74) is 1.39. The number of thiazole rings is 1. The Morgan fingerprint density at radius 1 is 1.16 bits per heavy atom. The molecular weight excluding hydrogens is 440 g/mol. The molecule has 166 valence electrons. The van der Waals surface area contributed by atoms with Crippen LogP contribution in [0.1, 0.15) is 6.42 Å². The highest BCUT2D eigenvalue weighted by atomic mass is 32.1. The van der Waals surface area contributed by atoms with E-state index in [2.05, 4.69) is 10.3 Å². The zero-order chi connectivity index (χ0) is 22.8. The monoisotopic (exact) mass is 459 g/mol. The lowest BCUT2D eigenvalue weighted by atomic mass is 10.1. The van der Waals surface area contributed by atoms with Crippen LogP contribution in [0.2, 0.25) is 0 Å². The lowest BCUT2D eigenvalue weighted by Crippen LogP contribution is -2.28. The fraction of sp³-hybridized carbons (Fsp3) is 0.227. The molecule has 0 saturated carbocycles.